The first-order valence-electron chi connectivity index (χ1n) is 8.75. The predicted octanol–water partition coefficient (Wildman–Crippen LogP) is 3.50. The number of carbonyl (C=O) groups is 1. The molecule has 0 aliphatic rings. The largest absolute Gasteiger partial charge is 0.348 e. The van der Waals surface area contributed by atoms with Crippen LogP contribution in [-0.4, -0.2) is 27.1 Å². The fraction of sp³-hybridized carbons (Fsp3) is 0.350. The standard InChI is InChI=1S/C20H25FN2O3S/c1-15(2)13-18(16-9-5-4-6-10-16)22-20(24)14-23(27(3,25)26)19-12-8-7-11-17(19)21/h4-12,15,18H,13-14H2,1-3H3,(H,22,24). The SMILES string of the molecule is CC(C)CC(NC(=O)CN(c1ccccc1F)S(C)(=O)=O)c1ccccc1. The smallest absolute Gasteiger partial charge is 0.241 e. The molecule has 0 saturated carbocycles. The Kier molecular flexibility index (Phi) is 6.96. The van der Waals surface area contributed by atoms with Crippen molar-refractivity contribution >= 4 is 21.6 Å². The maximum Gasteiger partial charge on any atom is 0.241 e. The molecule has 0 radical (unpaired) electrons. The molecule has 146 valence electrons. The lowest BCUT2D eigenvalue weighted by Crippen LogP contribution is -2.42. The third-order valence-corrected chi connectivity index (χ3v) is 5.18. The van der Waals surface area contributed by atoms with Crippen molar-refractivity contribution in [3.05, 3.63) is 66.0 Å². The van der Waals surface area contributed by atoms with Gasteiger partial charge in [0.1, 0.15) is 12.4 Å². The number of anilines is 1. The van der Waals surface area contributed by atoms with E-state index in [-0.39, 0.29) is 11.7 Å². The molecule has 2 rings (SSSR count). The van der Waals surface area contributed by atoms with E-state index in [4.69, 9.17) is 0 Å². The minimum atomic E-state index is -3.83. The van der Waals surface area contributed by atoms with Crippen LogP contribution >= 0.6 is 0 Å². The van der Waals surface area contributed by atoms with E-state index in [0.717, 1.165) is 22.2 Å². The van der Waals surface area contributed by atoms with Gasteiger partial charge in [-0.15, -0.1) is 0 Å². The Bertz CT molecular complexity index is 870. The van der Waals surface area contributed by atoms with Crippen molar-refractivity contribution in [1.29, 1.82) is 0 Å². The van der Waals surface area contributed by atoms with Crippen molar-refractivity contribution in [3.8, 4) is 0 Å². The van der Waals surface area contributed by atoms with Crippen LogP contribution in [0.3, 0.4) is 0 Å². The number of carbonyl (C=O) groups excluding carboxylic acids is 1. The van der Waals surface area contributed by atoms with Gasteiger partial charge in [-0.05, 0) is 30.0 Å². The van der Waals surface area contributed by atoms with E-state index in [1.165, 1.54) is 18.2 Å². The molecule has 0 fully saturated rings. The molecule has 0 heterocycles. The predicted molar refractivity (Wildman–Crippen MR) is 105 cm³/mol. The maximum atomic E-state index is 14.1. The van der Waals surface area contributed by atoms with Crippen LogP contribution in [0.4, 0.5) is 10.1 Å². The number of nitrogens with zero attached hydrogens (tertiary/aromatic N) is 1. The summed E-state index contributed by atoms with van der Waals surface area (Å²) in [5.74, 6) is -0.858. The van der Waals surface area contributed by atoms with E-state index in [9.17, 15) is 17.6 Å². The first kappa shape index (κ1) is 20.9. The zero-order chi connectivity index (χ0) is 20.0. The molecule has 5 nitrogen and oxygen atoms in total. The summed E-state index contributed by atoms with van der Waals surface area (Å²) < 4.78 is 39.1. The Labute approximate surface area is 160 Å². The van der Waals surface area contributed by atoms with Crippen LogP contribution in [0.15, 0.2) is 54.6 Å². The summed E-state index contributed by atoms with van der Waals surface area (Å²) in [7, 11) is -3.83. The molecule has 2 aromatic carbocycles. The van der Waals surface area contributed by atoms with Gasteiger partial charge in [0, 0.05) is 0 Å². The maximum absolute atomic E-state index is 14.1. The number of nitrogens with one attached hydrogen (secondary N) is 1. The van der Waals surface area contributed by atoms with Crippen LogP contribution in [0, 0.1) is 11.7 Å². The van der Waals surface area contributed by atoms with Crippen LogP contribution < -0.4 is 9.62 Å². The van der Waals surface area contributed by atoms with Crippen molar-refractivity contribution in [2.45, 2.75) is 26.3 Å². The molecule has 0 spiro atoms. The second-order valence-electron chi connectivity index (χ2n) is 6.88. The summed E-state index contributed by atoms with van der Waals surface area (Å²) in [6.45, 7) is 3.61. The molecule has 1 unspecified atom stereocenters. The second kappa shape index (κ2) is 8.99. The molecular formula is C20H25FN2O3S. The Balaban J connectivity index is 2.22. The lowest BCUT2D eigenvalue weighted by Gasteiger charge is -2.25. The lowest BCUT2D eigenvalue weighted by atomic mass is 9.97. The number of sulfonamides is 1. The highest BCUT2D eigenvalue weighted by atomic mass is 32.2. The summed E-state index contributed by atoms with van der Waals surface area (Å²) >= 11 is 0. The number of halogens is 1. The lowest BCUT2D eigenvalue weighted by molar-refractivity contribution is -0.120. The van der Waals surface area contributed by atoms with E-state index in [1.54, 1.807) is 0 Å². The molecule has 0 aliphatic heterocycles. The molecular weight excluding hydrogens is 367 g/mol. The average molecular weight is 392 g/mol. The molecule has 27 heavy (non-hydrogen) atoms. The number of amides is 1. The van der Waals surface area contributed by atoms with Gasteiger partial charge in [-0.3, -0.25) is 9.10 Å². The van der Waals surface area contributed by atoms with E-state index >= 15 is 0 Å². The Morgan fingerprint density at radius 1 is 1.07 bits per heavy atom. The number of hydrogen-bond donors (Lipinski definition) is 1. The fourth-order valence-electron chi connectivity index (χ4n) is 2.84. The highest BCUT2D eigenvalue weighted by Crippen LogP contribution is 2.23. The zero-order valence-electron chi connectivity index (χ0n) is 15.7. The summed E-state index contributed by atoms with van der Waals surface area (Å²) in [4.78, 5) is 12.6. The van der Waals surface area contributed by atoms with Gasteiger partial charge in [0.25, 0.3) is 0 Å². The number of para-hydroxylation sites is 1. The number of rotatable bonds is 8. The van der Waals surface area contributed by atoms with Crippen molar-refractivity contribution in [2.75, 3.05) is 17.1 Å². The summed E-state index contributed by atoms with van der Waals surface area (Å²) in [5, 5.41) is 2.89. The first-order valence-corrected chi connectivity index (χ1v) is 10.6. The molecule has 2 aromatic rings. The van der Waals surface area contributed by atoms with Gasteiger partial charge in [0.05, 0.1) is 18.0 Å². The van der Waals surface area contributed by atoms with Gasteiger partial charge in [0.2, 0.25) is 15.9 Å². The molecule has 1 N–H and O–H groups in total. The topological polar surface area (TPSA) is 66.5 Å². The van der Waals surface area contributed by atoms with E-state index in [1.807, 2.05) is 44.2 Å². The average Bonchev–Trinajstić information content (AvgIpc) is 2.59. The van der Waals surface area contributed by atoms with Crippen molar-refractivity contribution in [1.82, 2.24) is 5.32 Å². The molecule has 7 heteroatoms. The van der Waals surface area contributed by atoms with E-state index in [2.05, 4.69) is 5.32 Å². The normalized spacial score (nSPS) is 12.6. The quantitative estimate of drug-likeness (QED) is 0.748. The van der Waals surface area contributed by atoms with Gasteiger partial charge in [-0.2, -0.15) is 0 Å². The highest BCUT2D eigenvalue weighted by Gasteiger charge is 2.25. The van der Waals surface area contributed by atoms with Gasteiger partial charge >= 0.3 is 0 Å². The van der Waals surface area contributed by atoms with E-state index in [0.29, 0.717) is 12.3 Å². The second-order valence-corrected chi connectivity index (χ2v) is 8.79. The van der Waals surface area contributed by atoms with Crippen LogP contribution in [0.2, 0.25) is 0 Å². The monoisotopic (exact) mass is 392 g/mol. The van der Waals surface area contributed by atoms with Crippen LogP contribution in [0.25, 0.3) is 0 Å². The van der Waals surface area contributed by atoms with Crippen molar-refractivity contribution < 1.29 is 17.6 Å². The first-order chi connectivity index (χ1) is 12.7. The van der Waals surface area contributed by atoms with Crippen LogP contribution in [0.5, 0.6) is 0 Å². The molecule has 0 bridgehead atoms. The molecule has 1 atom stereocenters. The number of benzene rings is 2. The van der Waals surface area contributed by atoms with Crippen molar-refractivity contribution in [3.63, 3.8) is 0 Å². The summed E-state index contributed by atoms with van der Waals surface area (Å²) in [6.07, 6.45) is 1.66. The highest BCUT2D eigenvalue weighted by molar-refractivity contribution is 7.92. The summed E-state index contributed by atoms with van der Waals surface area (Å²) in [6, 6.07) is 14.7. The molecule has 1 amide bonds. The van der Waals surface area contributed by atoms with E-state index < -0.39 is 28.3 Å². The fourth-order valence-corrected chi connectivity index (χ4v) is 3.70. The zero-order valence-corrected chi connectivity index (χ0v) is 16.5. The van der Waals surface area contributed by atoms with Gasteiger partial charge in [0.15, 0.2) is 0 Å². The Morgan fingerprint density at radius 2 is 1.67 bits per heavy atom. The minimum absolute atomic E-state index is 0.143. The third-order valence-electron chi connectivity index (χ3n) is 4.05. The molecule has 0 aliphatic carbocycles. The summed E-state index contributed by atoms with van der Waals surface area (Å²) in [5.41, 5.74) is 0.798. The third kappa shape index (κ3) is 6.06. The van der Waals surface area contributed by atoms with Gasteiger partial charge in [-0.1, -0.05) is 56.3 Å². The number of hydrogen-bond acceptors (Lipinski definition) is 3. The molecule has 0 aromatic heterocycles. The van der Waals surface area contributed by atoms with Crippen LogP contribution in [-0.2, 0) is 14.8 Å². The molecule has 0 saturated heterocycles. The minimum Gasteiger partial charge on any atom is -0.348 e. The Hall–Kier alpha value is -2.41. The van der Waals surface area contributed by atoms with Gasteiger partial charge < -0.3 is 5.32 Å². The van der Waals surface area contributed by atoms with Crippen molar-refractivity contribution in [2.24, 2.45) is 5.92 Å². The van der Waals surface area contributed by atoms with Gasteiger partial charge in [-0.25, -0.2) is 12.8 Å². The van der Waals surface area contributed by atoms with Crippen LogP contribution in [0.1, 0.15) is 31.9 Å². The Morgan fingerprint density at radius 3 is 2.22 bits per heavy atom.